The first-order valence-corrected chi connectivity index (χ1v) is 5.35. The SMILES string of the molecule is OCCc1cccc(N2CCCC2)c1. The monoisotopic (exact) mass is 191 g/mol. The molecule has 0 unspecified atom stereocenters. The van der Waals surface area contributed by atoms with Crippen LogP contribution in [0.25, 0.3) is 0 Å². The first-order valence-electron chi connectivity index (χ1n) is 5.35. The second-order valence-corrected chi connectivity index (χ2v) is 3.84. The quantitative estimate of drug-likeness (QED) is 0.787. The highest BCUT2D eigenvalue weighted by molar-refractivity contribution is 5.49. The highest BCUT2D eigenvalue weighted by atomic mass is 16.2. The Labute approximate surface area is 85.2 Å². The first-order chi connectivity index (χ1) is 6.90. The molecule has 0 atom stereocenters. The zero-order valence-electron chi connectivity index (χ0n) is 8.45. The third-order valence-corrected chi connectivity index (χ3v) is 2.78. The van der Waals surface area contributed by atoms with Gasteiger partial charge in [0.25, 0.3) is 0 Å². The second-order valence-electron chi connectivity index (χ2n) is 3.84. The number of benzene rings is 1. The summed E-state index contributed by atoms with van der Waals surface area (Å²) in [6.07, 6.45) is 3.39. The lowest BCUT2D eigenvalue weighted by Crippen LogP contribution is -2.17. The highest BCUT2D eigenvalue weighted by Gasteiger charge is 2.11. The molecular weight excluding hydrogens is 174 g/mol. The van der Waals surface area contributed by atoms with E-state index >= 15 is 0 Å². The van der Waals surface area contributed by atoms with E-state index in [4.69, 9.17) is 5.11 Å². The van der Waals surface area contributed by atoms with Gasteiger partial charge in [0.05, 0.1) is 0 Å². The number of rotatable bonds is 3. The maximum Gasteiger partial charge on any atom is 0.0471 e. The number of aliphatic hydroxyl groups excluding tert-OH is 1. The molecule has 2 nitrogen and oxygen atoms in total. The molecule has 0 aliphatic carbocycles. The summed E-state index contributed by atoms with van der Waals surface area (Å²) in [7, 11) is 0. The Morgan fingerprint density at radius 2 is 2.00 bits per heavy atom. The lowest BCUT2D eigenvalue weighted by Gasteiger charge is -2.18. The summed E-state index contributed by atoms with van der Waals surface area (Å²) in [5.41, 5.74) is 2.55. The zero-order chi connectivity index (χ0) is 9.80. The molecule has 14 heavy (non-hydrogen) atoms. The van der Waals surface area contributed by atoms with Crippen LogP contribution in [0, 0.1) is 0 Å². The smallest absolute Gasteiger partial charge is 0.0471 e. The number of hydrogen-bond donors (Lipinski definition) is 1. The minimum atomic E-state index is 0.240. The van der Waals surface area contributed by atoms with Crippen LogP contribution in [0.2, 0.25) is 0 Å². The third-order valence-electron chi connectivity index (χ3n) is 2.78. The van der Waals surface area contributed by atoms with Crippen LogP contribution in [0.1, 0.15) is 18.4 Å². The molecule has 1 aliphatic heterocycles. The van der Waals surface area contributed by atoms with Gasteiger partial charge in [-0.3, -0.25) is 0 Å². The minimum absolute atomic E-state index is 0.240. The van der Waals surface area contributed by atoms with Crippen molar-refractivity contribution in [3.05, 3.63) is 29.8 Å². The Hall–Kier alpha value is -1.02. The fourth-order valence-electron chi connectivity index (χ4n) is 2.01. The molecule has 1 heterocycles. The number of aliphatic hydroxyl groups is 1. The fourth-order valence-corrected chi connectivity index (χ4v) is 2.01. The van der Waals surface area contributed by atoms with Gasteiger partial charge in [-0.25, -0.2) is 0 Å². The Morgan fingerprint density at radius 1 is 1.21 bits per heavy atom. The van der Waals surface area contributed by atoms with Crippen LogP contribution < -0.4 is 4.90 Å². The van der Waals surface area contributed by atoms with Crippen molar-refractivity contribution in [2.24, 2.45) is 0 Å². The molecule has 0 amide bonds. The topological polar surface area (TPSA) is 23.5 Å². The Bertz CT molecular complexity index is 292. The average Bonchev–Trinajstić information content (AvgIpc) is 2.71. The van der Waals surface area contributed by atoms with E-state index < -0.39 is 0 Å². The number of nitrogens with zero attached hydrogens (tertiary/aromatic N) is 1. The van der Waals surface area contributed by atoms with Gasteiger partial charge in [-0.1, -0.05) is 12.1 Å². The lowest BCUT2D eigenvalue weighted by atomic mass is 10.1. The minimum Gasteiger partial charge on any atom is -0.396 e. The molecule has 2 rings (SSSR count). The molecule has 1 aromatic carbocycles. The van der Waals surface area contributed by atoms with E-state index in [1.807, 2.05) is 0 Å². The van der Waals surface area contributed by atoms with Crippen LogP contribution in [-0.2, 0) is 6.42 Å². The van der Waals surface area contributed by atoms with Crippen molar-refractivity contribution in [1.82, 2.24) is 0 Å². The van der Waals surface area contributed by atoms with Gasteiger partial charge >= 0.3 is 0 Å². The molecule has 1 fully saturated rings. The molecule has 2 heteroatoms. The summed E-state index contributed by atoms with van der Waals surface area (Å²) in [6, 6.07) is 8.52. The van der Waals surface area contributed by atoms with E-state index in [9.17, 15) is 0 Å². The van der Waals surface area contributed by atoms with Crippen molar-refractivity contribution in [1.29, 1.82) is 0 Å². The molecule has 76 valence electrons. The van der Waals surface area contributed by atoms with Gasteiger partial charge < -0.3 is 10.0 Å². The molecule has 0 radical (unpaired) electrons. The second kappa shape index (κ2) is 4.47. The summed E-state index contributed by atoms with van der Waals surface area (Å²) in [5.74, 6) is 0. The van der Waals surface area contributed by atoms with E-state index in [2.05, 4.69) is 29.2 Å². The summed E-state index contributed by atoms with van der Waals surface area (Å²) >= 11 is 0. The number of anilines is 1. The van der Waals surface area contributed by atoms with Gasteiger partial charge in [-0.15, -0.1) is 0 Å². The molecule has 1 N–H and O–H groups in total. The summed E-state index contributed by atoms with van der Waals surface area (Å²) < 4.78 is 0. The van der Waals surface area contributed by atoms with Crippen molar-refractivity contribution in [3.8, 4) is 0 Å². The van der Waals surface area contributed by atoms with Crippen LogP contribution in [0.15, 0.2) is 24.3 Å². The van der Waals surface area contributed by atoms with Crippen LogP contribution in [0.3, 0.4) is 0 Å². The molecule has 0 spiro atoms. The maximum absolute atomic E-state index is 8.86. The van der Waals surface area contributed by atoms with E-state index in [0.717, 1.165) is 6.42 Å². The highest BCUT2D eigenvalue weighted by Crippen LogP contribution is 2.21. The summed E-state index contributed by atoms with van der Waals surface area (Å²) in [5, 5.41) is 8.86. The van der Waals surface area contributed by atoms with E-state index in [1.165, 1.54) is 37.2 Å². The predicted molar refractivity (Wildman–Crippen MR) is 58.7 cm³/mol. The van der Waals surface area contributed by atoms with Crippen molar-refractivity contribution in [2.75, 3.05) is 24.6 Å². The lowest BCUT2D eigenvalue weighted by molar-refractivity contribution is 0.299. The zero-order valence-corrected chi connectivity index (χ0v) is 8.45. The van der Waals surface area contributed by atoms with Crippen LogP contribution in [0.4, 0.5) is 5.69 Å². The third kappa shape index (κ3) is 2.07. The molecule has 1 aromatic rings. The Kier molecular flexibility index (Phi) is 3.04. The van der Waals surface area contributed by atoms with E-state index in [0.29, 0.717) is 0 Å². The number of hydrogen-bond acceptors (Lipinski definition) is 2. The van der Waals surface area contributed by atoms with Gasteiger partial charge in [-0.05, 0) is 37.0 Å². The van der Waals surface area contributed by atoms with Crippen molar-refractivity contribution in [2.45, 2.75) is 19.3 Å². The largest absolute Gasteiger partial charge is 0.396 e. The van der Waals surface area contributed by atoms with Gasteiger partial charge in [0.15, 0.2) is 0 Å². The summed E-state index contributed by atoms with van der Waals surface area (Å²) in [4.78, 5) is 2.42. The normalized spacial score (nSPS) is 16.2. The first kappa shape index (κ1) is 9.53. The molecule has 1 saturated heterocycles. The Balaban J connectivity index is 2.12. The Morgan fingerprint density at radius 3 is 2.71 bits per heavy atom. The molecule has 0 saturated carbocycles. The predicted octanol–water partition coefficient (Wildman–Crippen LogP) is 1.82. The molecular formula is C12H17NO. The molecule has 0 aromatic heterocycles. The molecule has 0 bridgehead atoms. The maximum atomic E-state index is 8.86. The standard InChI is InChI=1S/C12H17NO/c14-9-6-11-4-3-5-12(10-11)13-7-1-2-8-13/h3-5,10,14H,1-2,6-9H2. The van der Waals surface area contributed by atoms with Gasteiger partial charge in [-0.2, -0.15) is 0 Å². The fraction of sp³-hybridized carbons (Fsp3) is 0.500. The van der Waals surface area contributed by atoms with Crippen LogP contribution >= 0.6 is 0 Å². The van der Waals surface area contributed by atoms with Gasteiger partial charge in [0.1, 0.15) is 0 Å². The van der Waals surface area contributed by atoms with E-state index in [-0.39, 0.29) is 6.61 Å². The average molecular weight is 191 g/mol. The van der Waals surface area contributed by atoms with Gasteiger partial charge in [0.2, 0.25) is 0 Å². The summed E-state index contributed by atoms with van der Waals surface area (Å²) in [6.45, 7) is 2.61. The van der Waals surface area contributed by atoms with Crippen molar-refractivity contribution >= 4 is 5.69 Å². The van der Waals surface area contributed by atoms with E-state index in [1.54, 1.807) is 0 Å². The van der Waals surface area contributed by atoms with Crippen LogP contribution in [0.5, 0.6) is 0 Å². The van der Waals surface area contributed by atoms with Crippen LogP contribution in [-0.4, -0.2) is 24.8 Å². The van der Waals surface area contributed by atoms with Gasteiger partial charge in [0, 0.05) is 25.4 Å². The molecule has 1 aliphatic rings. The van der Waals surface area contributed by atoms with Crippen molar-refractivity contribution in [3.63, 3.8) is 0 Å². The van der Waals surface area contributed by atoms with Crippen molar-refractivity contribution < 1.29 is 5.11 Å².